The van der Waals surface area contributed by atoms with Crippen LogP contribution in [0.3, 0.4) is 0 Å². The molecule has 2 nitrogen and oxygen atoms in total. The van der Waals surface area contributed by atoms with Crippen molar-refractivity contribution in [2.75, 3.05) is 0 Å². The monoisotopic (exact) mass is 489 g/mol. The predicted octanol–water partition coefficient (Wildman–Crippen LogP) is 8.39. The van der Waals surface area contributed by atoms with Gasteiger partial charge in [0.1, 0.15) is 0 Å². The van der Waals surface area contributed by atoms with E-state index in [1.807, 2.05) is 0 Å². The van der Waals surface area contributed by atoms with Crippen LogP contribution in [0.1, 0.15) is 44.5 Å². The molecule has 1 aliphatic carbocycles. The third-order valence-electron chi connectivity index (χ3n) is 6.36. The molecule has 5 rings (SSSR count). The van der Waals surface area contributed by atoms with Crippen LogP contribution >= 0.6 is 0 Å². The standard InChI is InChI=1S/C30H28N2.CH3.Ni/c1-17-13-19(3)27(20(4)14-17)31-29-24-11-7-9-23-10-8-12-25(26(23)24)30(29)32-28-21(5)15-18(2)16-22(28)6;;/h7-16H,1-6H3;1H3;/q;-1;. The van der Waals surface area contributed by atoms with Crippen molar-refractivity contribution >= 4 is 33.6 Å². The summed E-state index contributed by atoms with van der Waals surface area (Å²) in [5.74, 6) is 0. The first-order valence-corrected chi connectivity index (χ1v) is 11.2. The Labute approximate surface area is 213 Å². The van der Waals surface area contributed by atoms with E-state index in [1.165, 1.54) is 55.3 Å². The average Bonchev–Trinajstić information content (AvgIpc) is 3.02. The molecule has 0 bridgehead atoms. The smallest absolute Gasteiger partial charge is 0.0979 e. The number of aliphatic imine (C=N–C) groups is 2. The van der Waals surface area contributed by atoms with Gasteiger partial charge in [0.2, 0.25) is 0 Å². The zero-order chi connectivity index (χ0) is 22.6. The van der Waals surface area contributed by atoms with Crippen molar-refractivity contribution in [3.8, 4) is 0 Å². The summed E-state index contributed by atoms with van der Waals surface area (Å²) in [6.45, 7) is 12.9. The summed E-state index contributed by atoms with van der Waals surface area (Å²) in [6.07, 6.45) is 0. The van der Waals surface area contributed by atoms with E-state index in [0.29, 0.717) is 0 Å². The summed E-state index contributed by atoms with van der Waals surface area (Å²) in [5, 5.41) is 2.48. The second-order valence-electron chi connectivity index (χ2n) is 9.12. The Morgan fingerprint density at radius 3 is 1.24 bits per heavy atom. The molecule has 0 heterocycles. The molecular formula is C31H31N2Ni-. The molecule has 0 fully saturated rings. The Morgan fingerprint density at radius 2 is 0.882 bits per heavy atom. The van der Waals surface area contributed by atoms with Gasteiger partial charge in [0.15, 0.2) is 0 Å². The number of nitrogens with zero attached hydrogens (tertiary/aromatic N) is 2. The van der Waals surface area contributed by atoms with Gasteiger partial charge < -0.3 is 7.43 Å². The first-order valence-electron chi connectivity index (χ1n) is 11.2. The molecule has 0 atom stereocenters. The van der Waals surface area contributed by atoms with E-state index in [2.05, 4.69) is 102 Å². The third kappa shape index (κ3) is 4.26. The van der Waals surface area contributed by atoms with E-state index < -0.39 is 0 Å². The van der Waals surface area contributed by atoms with Crippen LogP contribution in [0.5, 0.6) is 0 Å². The van der Waals surface area contributed by atoms with Gasteiger partial charge in [-0.15, -0.1) is 0 Å². The third-order valence-corrected chi connectivity index (χ3v) is 6.36. The van der Waals surface area contributed by atoms with Gasteiger partial charge in [-0.05, 0) is 69.2 Å². The summed E-state index contributed by atoms with van der Waals surface area (Å²) >= 11 is 0. The van der Waals surface area contributed by atoms with Gasteiger partial charge in [-0.2, -0.15) is 0 Å². The van der Waals surface area contributed by atoms with Crippen LogP contribution in [-0.2, 0) is 16.5 Å². The fourth-order valence-electron chi connectivity index (χ4n) is 5.14. The van der Waals surface area contributed by atoms with Crippen molar-refractivity contribution in [1.29, 1.82) is 0 Å². The maximum absolute atomic E-state index is 5.28. The minimum atomic E-state index is 0. The van der Waals surface area contributed by atoms with E-state index in [9.17, 15) is 0 Å². The molecule has 0 radical (unpaired) electrons. The van der Waals surface area contributed by atoms with E-state index in [0.717, 1.165) is 22.8 Å². The zero-order valence-electron chi connectivity index (χ0n) is 21.0. The summed E-state index contributed by atoms with van der Waals surface area (Å²) in [6, 6.07) is 21.8. The van der Waals surface area contributed by atoms with Crippen molar-refractivity contribution in [3.63, 3.8) is 0 Å². The van der Waals surface area contributed by atoms with Crippen molar-refractivity contribution in [3.05, 3.63) is 113 Å². The SMILES string of the molecule is Cc1cc(C)c(N=C2C(=Nc3c(C)cc(C)cc3C)c3cccc4cccc2c34)c(C)c1.[CH3-].[Ni]. The Morgan fingerprint density at radius 1 is 0.529 bits per heavy atom. The molecule has 0 aliphatic heterocycles. The van der Waals surface area contributed by atoms with E-state index in [1.54, 1.807) is 0 Å². The van der Waals surface area contributed by atoms with Gasteiger partial charge in [-0.25, -0.2) is 9.98 Å². The van der Waals surface area contributed by atoms with Crippen LogP contribution in [0.2, 0.25) is 0 Å². The first-order chi connectivity index (χ1) is 15.3. The van der Waals surface area contributed by atoms with Crippen molar-refractivity contribution in [1.82, 2.24) is 0 Å². The molecule has 0 N–H and O–H groups in total. The molecule has 4 aromatic carbocycles. The van der Waals surface area contributed by atoms with Crippen molar-refractivity contribution in [2.45, 2.75) is 41.5 Å². The van der Waals surface area contributed by atoms with Crippen molar-refractivity contribution < 1.29 is 16.5 Å². The second-order valence-corrected chi connectivity index (χ2v) is 9.12. The normalized spacial score (nSPS) is 14.4. The first kappa shape index (κ1) is 25.6. The van der Waals surface area contributed by atoms with Crippen LogP contribution in [0.15, 0.2) is 70.6 Å². The quantitative estimate of drug-likeness (QED) is 0.199. The number of benzene rings is 4. The number of aryl methyl sites for hydroxylation is 6. The minimum absolute atomic E-state index is 0. The molecule has 0 spiro atoms. The van der Waals surface area contributed by atoms with Gasteiger partial charge >= 0.3 is 0 Å². The minimum Gasteiger partial charge on any atom is -0.358 e. The molecule has 0 unspecified atom stereocenters. The Hall–Kier alpha value is -3.03. The fourth-order valence-corrected chi connectivity index (χ4v) is 5.14. The van der Waals surface area contributed by atoms with Crippen molar-refractivity contribution in [2.24, 2.45) is 9.98 Å². The van der Waals surface area contributed by atoms with E-state index in [-0.39, 0.29) is 23.9 Å². The van der Waals surface area contributed by atoms with Gasteiger partial charge in [-0.1, -0.05) is 71.8 Å². The number of hydrogen-bond donors (Lipinski definition) is 0. The second kappa shape index (κ2) is 9.68. The van der Waals surface area contributed by atoms with Crippen LogP contribution < -0.4 is 0 Å². The largest absolute Gasteiger partial charge is 0.358 e. The average molecular weight is 490 g/mol. The molecule has 1 aliphatic rings. The molecule has 34 heavy (non-hydrogen) atoms. The van der Waals surface area contributed by atoms with E-state index >= 15 is 0 Å². The molecule has 0 saturated heterocycles. The summed E-state index contributed by atoms with van der Waals surface area (Å²) in [4.78, 5) is 10.6. The molecule has 0 saturated carbocycles. The maximum Gasteiger partial charge on any atom is 0.0979 e. The molecule has 3 heteroatoms. The van der Waals surface area contributed by atoms with Crippen LogP contribution in [0.4, 0.5) is 11.4 Å². The Bertz CT molecular complexity index is 1320. The topological polar surface area (TPSA) is 24.7 Å². The Balaban J connectivity index is 0.00000162. The molecule has 4 aromatic rings. The van der Waals surface area contributed by atoms with Crippen LogP contribution in [-0.4, -0.2) is 11.4 Å². The van der Waals surface area contributed by atoms with Gasteiger partial charge in [0, 0.05) is 33.0 Å². The van der Waals surface area contributed by atoms with Gasteiger partial charge in [0.05, 0.1) is 22.8 Å². The summed E-state index contributed by atoms with van der Waals surface area (Å²) in [7, 11) is 0. The molecule has 0 aromatic heterocycles. The van der Waals surface area contributed by atoms with Gasteiger partial charge in [0.25, 0.3) is 0 Å². The maximum atomic E-state index is 5.28. The van der Waals surface area contributed by atoms with E-state index in [4.69, 9.17) is 9.98 Å². The number of hydrogen-bond acceptors (Lipinski definition) is 2. The summed E-state index contributed by atoms with van der Waals surface area (Å²) in [5.41, 5.74) is 13.7. The zero-order valence-corrected chi connectivity index (χ0v) is 22.0. The number of rotatable bonds is 2. The Kier molecular flexibility index (Phi) is 7.29. The molecule has 0 amide bonds. The van der Waals surface area contributed by atoms with Gasteiger partial charge in [-0.3, -0.25) is 0 Å². The molecule has 176 valence electrons. The molecular weight excluding hydrogens is 459 g/mol. The van der Waals surface area contributed by atoms with Crippen LogP contribution in [0.25, 0.3) is 10.8 Å². The predicted molar refractivity (Wildman–Crippen MR) is 144 cm³/mol. The van der Waals surface area contributed by atoms with Crippen LogP contribution in [0, 0.1) is 49.0 Å². The fraction of sp³-hybridized carbons (Fsp3) is 0.194. The summed E-state index contributed by atoms with van der Waals surface area (Å²) < 4.78 is 0.